The SMILES string of the molecule is CCOc1ccc(C(=O)NC(C(=O)NCc2ccc3c(c2)CNC3)C(C)C)cc1. The molecule has 1 aliphatic heterocycles. The van der Waals surface area contributed by atoms with Gasteiger partial charge < -0.3 is 20.7 Å². The van der Waals surface area contributed by atoms with Gasteiger partial charge >= 0.3 is 0 Å². The van der Waals surface area contributed by atoms with E-state index in [0.29, 0.717) is 24.5 Å². The zero-order valence-corrected chi connectivity index (χ0v) is 17.2. The van der Waals surface area contributed by atoms with Gasteiger partial charge in [-0.25, -0.2) is 0 Å². The quantitative estimate of drug-likeness (QED) is 0.642. The van der Waals surface area contributed by atoms with Crippen LogP contribution in [0.4, 0.5) is 0 Å². The van der Waals surface area contributed by atoms with E-state index in [2.05, 4.69) is 28.1 Å². The molecule has 0 aliphatic carbocycles. The largest absolute Gasteiger partial charge is 0.494 e. The van der Waals surface area contributed by atoms with Gasteiger partial charge in [0.2, 0.25) is 5.91 Å². The number of ether oxygens (including phenoxy) is 1. The van der Waals surface area contributed by atoms with Gasteiger partial charge in [0.25, 0.3) is 5.91 Å². The number of nitrogens with one attached hydrogen (secondary N) is 3. The maximum absolute atomic E-state index is 12.7. The second-order valence-electron chi connectivity index (χ2n) is 7.58. The zero-order valence-electron chi connectivity index (χ0n) is 17.2. The van der Waals surface area contributed by atoms with E-state index in [1.54, 1.807) is 24.3 Å². The molecule has 29 heavy (non-hydrogen) atoms. The molecule has 2 aromatic carbocycles. The van der Waals surface area contributed by atoms with Crippen LogP contribution in [0.1, 0.15) is 47.8 Å². The average Bonchev–Trinajstić information content (AvgIpc) is 3.18. The fourth-order valence-electron chi connectivity index (χ4n) is 3.39. The normalized spacial score (nSPS) is 13.7. The highest BCUT2D eigenvalue weighted by Crippen LogP contribution is 2.17. The van der Waals surface area contributed by atoms with Crippen LogP contribution in [0.25, 0.3) is 0 Å². The number of hydrogen-bond acceptors (Lipinski definition) is 4. The Morgan fingerprint density at radius 2 is 1.79 bits per heavy atom. The van der Waals surface area contributed by atoms with Crippen molar-refractivity contribution in [3.8, 4) is 5.75 Å². The topological polar surface area (TPSA) is 79.5 Å². The number of amides is 2. The first kappa shape index (κ1) is 20.9. The molecule has 0 spiro atoms. The second kappa shape index (κ2) is 9.56. The Labute approximate surface area is 172 Å². The van der Waals surface area contributed by atoms with Gasteiger partial charge in [-0.3, -0.25) is 9.59 Å². The van der Waals surface area contributed by atoms with E-state index in [9.17, 15) is 9.59 Å². The van der Waals surface area contributed by atoms with Crippen molar-refractivity contribution >= 4 is 11.8 Å². The van der Waals surface area contributed by atoms with Gasteiger partial charge in [-0.1, -0.05) is 32.0 Å². The molecule has 1 atom stereocenters. The summed E-state index contributed by atoms with van der Waals surface area (Å²) in [6, 6.07) is 12.6. The first-order chi connectivity index (χ1) is 14.0. The molecule has 6 heteroatoms. The van der Waals surface area contributed by atoms with Crippen LogP contribution in [-0.2, 0) is 24.4 Å². The van der Waals surface area contributed by atoms with Crippen molar-refractivity contribution in [3.05, 3.63) is 64.7 Å². The average molecular weight is 396 g/mol. The Hall–Kier alpha value is -2.86. The van der Waals surface area contributed by atoms with Crippen molar-refractivity contribution in [3.63, 3.8) is 0 Å². The molecule has 2 aromatic rings. The summed E-state index contributed by atoms with van der Waals surface area (Å²) in [5.41, 5.74) is 4.14. The highest BCUT2D eigenvalue weighted by Gasteiger charge is 2.24. The fourth-order valence-corrected chi connectivity index (χ4v) is 3.39. The minimum Gasteiger partial charge on any atom is -0.494 e. The lowest BCUT2D eigenvalue weighted by Gasteiger charge is -2.22. The summed E-state index contributed by atoms with van der Waals surface area (Å²) in [5.74, 6) is 0.223. The molecule has 2 amide bonds. The highest BCUT2D eigenvalue weighted by molar-refractivity contribution is 5.97. The summed E-state index contributed by atoms with van der Waals surface area (Å²) >= 11 is 0. The molecule has 0 aromatic heterocycles. The van der Waals surface area contributed by atoms with Crippen LogP contribution in [-0.4, -0.2) is 24.5 Å². The van der Waals surface area contributed by atoms with Crippen LogP contribution < -0.4 is 20.7 Å². The second-order valence-corrected chi connectivity index (χ2v) is 7.58. The minimum atomic E-state index is -0.606. The lowest BCUT2D eigenvalue weighted by molar-refractivity contribution is -0.124. The summed E-state index contributed by atoms with van der Waals surface area (Å²) in [6.45, 7) is 8.52. The van der Waals surface area contributed by atoms with Crippen molar-refractivity contribution in [1.82, 2.24) is 16.0 Å². The third-order valence-corrected chi connectivity index (χ3v) is 5.03. The summed E-state index contributed by atoms with van der Waals surface area (Å²) in [4.78, 5) is 25.3. The van der Waals surface area contributed by atoms with Crippen LogP contribution in [0.5, 0.6) is 5.75 Å². The van der Waals surface area contributed by atoms with Crippen molar-refractivity contribution < 1.29 is 14.3 Å². The van der Waals surface area contributed by atoms with Gasteiger partial charge in [0.15, 0.2) is 0 Å². The molecule has 0 saturated heterocycles. The molecule has 6 nitrogen and oxygen atoms in total. The lowest BCUT2D eigenvalue weighted by Crippen LogP contribution is -2.49. The van der Waals surface area contributed by atoms with Crippen molar-refractivity contribution in [1.29, 1.82) is 0 Å². The first-order valence-electron chi connectivity index (χ1n) is 10.1. The number of carbonyl (C=O) groups is 2. The summed E-state index contributed by atoms with van der Waals surface area (Å²) in [7, 11) is 0. The molecule has 3 N–H and O–H groups in total. The van der Waals surface area contributed by atoms with Crippen LogP contribution in [0.2, 0.25) is 0 Å². The molecule has 0 bridgehead atoms. The van der Waals surface area contributed by atoms with Crippen LogP contribution >= 0.6 is 0 Å². The standard InChI is InChI=1S/C23H29N3O3/c1-4-29-20-9-7-17(8-10-20)22(27)26-21(15(2)3)23(28)25-12-16-5-6-18-13-24-14-19(18)11-16/h5-11,15,21,24H,4,12-14H2,1-3H3,(H,25,28)(H,26,27). The Morgan fingerprint density at radius 1 is 1.07 bits per heavy atom. The van der Waals surface area contributed by atoms with E-state index in [0.717, 1.165) is 18.7 Å². The first-order valence-corrected chi connectivity index (χ1v) is 10.1. The van der Waals surface area contributed by atoms with Crippen LogP contribution in [0.15, 0.2) is 42.5 Å². The Morgan fingerprint density at radius 3 is 2.48 bits per heavy atom. The predicted octanol–water partition coefficient (Wildman–Crippen LogP) is 2.76. The molecule has 0 fully saturated rings. The molecule has 1 aliphatic rings. The van der Waals surface area contributed by atoms with Gasteiger partial charge in [0.1, 0.15) is 11.8 Å². The van der Waals surface area contributed by atoms with Crippen molar-refractivity contribution in [2.24, 2.45) is 5.92 Å². The van der Waals surface area contributed by atoms with E-state index >= 15 is 0 Å². The van der Waals surface area contributed by atoms with E-state index in [-0.39, 0.29) is 17.7 Å². The molecule has 154 valence electrons. The predicted molar refractivity (Wildman–Crippen MR) is 113 cm³/mol. The number of fused-ring (bicyclic) bond motifs is 1. The summed E-state index contributed by atoms with van der Waals surface area (Å²) in [5, 5.41) is 9.14. The maximum atomic E-state index is 12.7. The maximum Gasteiger partial charge on any atom is 0.251 e. The third-order valence-electron chi connectivity index (χ3n) is 5.03. The molecule has 0 saturated carbocycles. The summed E-state index contributed by atoms with van der Waals surface area (Å²) in [6.07, 6.45) is 0. The lowest BCUT2D eigenvalue weighted by atomic mass is 10.0. The van der Waals surface area contributed by atoms with Crippen molar-refractivity contribution in [2.75, 3.05) is 6.61 Å². The number of rotatable bonds is 8. The molecule has 1 unspecified atom stereocenters. The van der Waals surface area contributed by atoms with Crippen LogP contribution in [0.3, 0.4) is 0 Å². The number of hydrogen-bond donors (Lipinski definition) is 3. The van der Waals surface area contributed by atoms with Gasteiger partial charge in [-0.2, -0.15) is 0 Å². The van der Waals surface area contributed by atoms with E-state index in [1.165, 1.54) is 11.1 Å². The smallest absolute Gasteiger partial charge is 0.251 e. The zero-order chi connectivity index (χ0) is 20.8. The van der Waals surface area contributed by atoms with E-state index < -0.39 is 6.04 Å². The van der Waals surface area contributed by atoms with E-state index in [1.807, 2.05) is 26.8 Å². The Kier molecular flexibility index (Phi) is 6.88. The number of carbonyl (C=O) groups excluding carboxylic acids is 2. The molecule has 0 radical (unpaired) electrons. The molecular formula is C23H29N3O3. The highest BCUT2D eigenvalue weighted by atomic mass is 16.5. The Bertz CT molecular complexity index is 862. The third kappa shape index (κ3) is 5.35. The summed E-state index contributed by atoms with van der Waals surface area (Å²) < 4.78 is 5.40. The van der Waals surface area contributed by atoms with Gasteiger partial charge in [-0.15, -0.1) is 0 Å². The van der Waals surface area contributed by atoms with Gasteiger partial charge in [0.05, 0.1) is 6.61 Å². The molecule has 3 rings (SSSR count). The van der Waals surface area contributed by atoms with Gasteiger partial charge in [-0.05, 0) is 53.8 Å². The fraction of sp³-hybridized carbons (Fsp3) is 0.391. The molecular weight excluding hydrogens is 366 g/mol. The van der Waals surface area contributed by atoms with E-state index in [4.69, 9.17) is 4.74 Å². The monoisotopic (exact) mass is 395 g/mol. The number of benzene rings is 2. The minimum absolute atomic E-state index is 0.0362. The van der Waals surface area contributed by atoms with Crippen LogP contribution in [0, 0.1) is 5.92 Å². The molecule has 1 heterocycles. The van der Waals surface area contributed by atoms with Gasteiger partial charge in [0, 0.05) is 25.2 Å². The Balaban J connectivity index is 1.59. The van der Waals surface area contributed by atoms with Crippen molar-refractivity contribution in [2.45, 2.75) is 46.4 Å².